The first-order valence-electron chi connectivity index (χ1n) is 10.6. The zero-order chi connectivity index (χ0) is 23.3. The van der Waals surface area contributed by atoms with Crippen molar-refractivity contribution in [3.8, 4) is 5.75 Å². The van der Waals surface area contributed by atoms with Crippen LogP contribution in [0.1, 0.15) is 53.7 Å². The third-order valence-electron chi connectivity index (χ3n) is 5.51. The number of amides is 2. The summed E-state index contributed by atoms with van der Waals surface area (Å²) in [7, 11) is 1.61. The highest BCUT2D eigenvalue weighted by Gasteiger charge is 2.31. The molecule has 5 nitrogen and oxygen atoms in total. The molecule has 3 N–H and O–H groups in total. The van der Waals surface area contributed by atoms with Gasteiger partial charge in [0.05, 0.1) is 7.11 Å². The maximum atomic E-state index is 13.2. The quantitative estimate of drug-likeness (QED) is 0.583. The van der Waals surface area contributed by atoms with E-state index in [0.29, 0.717) is 11.3 Å². The number of benzene rings is 3. The molecule has 0 saturated heterocycles. The van der Waals surface area contributed by atoms with Gasteiger partial charge in [0.2, 0.25) is 5.91 Å². The van der Waals surface area contributed by atoms with Gasteiger partial charge in [0.1, 0.15) is 11.8 Å². The monoisotopic (exact) mass is 430 g/mol. The van der Waals surface area contributed by atoms with Gasteiger partial charge in [-0.25, -0.2) is 0 Å². The highest BCUT2D eigenvalue weighted by molar-refractivity contribution is 5.98. The number of carbonyl (C=O) groups is 2. The molecule has 3 rings (SSSR count). The molecule has 1 atom stereocenters. The first-order chi connectivity index (χ1) is 15.2. The van der Waals surface area contributed by atoms with Gasteiger partial charge in [-0.1, -0.05) is 81.4 Å². The summed E-state index contributed by atoms with van der Waals surface area (Å²) in [6, 6.07) is 23.6. The molecule has 3 aromatic rings. The van der Waals surface area contributed by atoms with E-state index in [1.54, 1.807) is 19.2 Å². The van der Waals surface area contributed by atoms with E-state index in [0.717, 1.165) is 16.7 Å². The average Bonchev–Trinajstić information content (AvgIpc) is 2.79. The van der Waals surface area contributed by atoms with E-state index >= 15 is 0 Å². The number of carbonyl (C=O) groups excluding carboxylic acids is 2. The van der Waals surface area contributed by atoms with Crippen molar-refractivity contribution in [1.29, 1.82) is 0 Å². The minimum absolute atomic E-state index is 0.221. The first-order valence-corrected chi connectivity index (χ1v) is 10.6. The second kappa shape index (κ2) is 9.69. The van der Waals surface area contributed by atoms with Gasteiger partial charge in [0, 0.05) is 17.0 Å². The van der Waals surface area contributed by atoms with Crippen LogP contribution < -0.4 is 15.8 Å². The SMILES string of the molecule is COc1ccc(C(=O)NC(C(N)=O)C(c2ccccc2)c2ccccc2)cc1C(C)(C)C. The zero-order valence-electron chi connectivity index (χ0n) is 19.0. The van der Waals surface area contributed by atoms with Crippen LogP contribution in [0.4, 0.5) is 0 Å². The Morgan fingerprint density at radius 1 is 0.875 bits per heavy atom. The predicted octanol–water partition coefficient (Wildman–Crippen LogP) is 4.41. The van der Waals surface area contributed by atoms with Crippen LogP contribution in [-0.4, -0.2) is 25.0 Å². The van der Waals surface area contributed by atoms with E-state index in [9.17, 15) is 9.59 Å². The summed E-state index contributed by atoms with van der Waals surface area (Å²) in [6.07, 6.45) is 0. The van der Waals surface area contributed by atoms with Crippen molar-refractivity contribution >= 4 is 11.8 Å². The molecular formula is C27H30N2O3. The lowest BCUT2D eigenvalue weighted by molar-refractivity contribution is -0.120. The lowest BCUT2D eigenvalue weighted by Gasteiger charge is -2.27. The Morgan fingerprint density at radius 2 is 1.41 bits per heavy atom. The van der Waals surface area contributed by atoms with Crippen molar-refractivity contribution in [2.75, 3.05) is 7.11 Å². The Balaban J connectivity index is 2.00. The maximum absolute atomic E-state index is 13.2. The van der Waals surface area contributed by atoms with Gasteiger partial charge in [-0.2, -0.15) is 0 Å². The molecule has 166 valence electrons. The van der Waals surface area contributed by atoms with E-state index in [4.69, 9.17) is 10.5 Å². The number of nitrogens with two attached hydrogens (primary N) is 1. The standard InChI is InChI=1S/C27H30N2O3/c1-27(2,3)21-17-20(15-16-22(21)32-4)26(31)29-24(25(28)30)23(18-11-7-5-8-12-18)19-13-9-6-10-14-19/h5-17,23-24H,1-4H3,(H2,28,30)(H,29,31). The number of hydrogen-bond acceptors (Lipinski definition) is 3. The third-order valence-corrected chi connectivity index (χ3v) is 5.51. The Labute approximate surface area is 189 Å². The molecule has 0 spiro atoms. The highest BCUT2D eigenvalue weighted by atomic mass is 16.5. The Hall–Kier alpha value is -3.60. The van der Waals surface area contributed by atoms with Crippen molar-refractivity contribution in [2.24, 2.45) is 5.73 Å². The van der Waals surface area contributed by atoms with Crippen LogP contribution in [0.25, 0.3) is 0 Å². The highest BCUT2D eigenvalue weighted by Crippen LogP contribution is 2.32. The molecule has 0 aliphatic heterocycles. The lowest BCUT2D eigenvalue weighted by Crippen LogP contribution is -2.48. The van der Waals surface area contributed by atoms with Gasteiger partial charge >= 0.3 is 0 Å². The van der Waals surface area contributed by atoms with Gasteiger partial charge < -0.3 is 15.8 Å². The summed E-state index contributed by atoms with van der Waals surface area (Å²) in [4.78, 5) is 25.8. The molecule has 3 aromatic carbocycles. The van der Waals surface area contributed by atoms with Gasteiger partial charge in [-0.15, -0.1) is 0 Å². The minimum Gasteiger partial charge on any atom is -0.496 e. The van der Waals surface area contributed by atoms with Crippen LogP contribution >= 0.6 is 0 Å². The summed E-state index contributed by atoms with van der Waals surface area (Å²) in [5.41, 5.74) is 8.74. The van der Waals surface area contributed by atoms with Crippen LogP contribution in [0.15, 0.2) is 78.9 Å². The number of hydrogen-bond donors (Lipinski definition) is 2. The molecule has 0 radical (unpaired) electrons. The lowest BCUT2D eigenvalue weighted by atomic mass is 9.84. The summed E-state index contributed by atoms with van der Waals surface area (Å²) in [5.74, 6) is -0.662. The van der Waals surface area contributed by atoms with Gasteiger partial charge in [0.15, 0.2) is 0 Å². The van der Waals surface area contributed by atoms with Crippen molar-refractivity contribution in [2.45, 2.75) is 38.1 Å². The van der Waals surface area contributed by atoms with Crippen molar-refractivity contribution in [3.63, 3.8) is 0 Å². The molecule has 0 fully saturated rings. The van der Waals surface area contributed by atoms with Crippen molar-refractivity contribution < 1.29 is 14.3 Å². The number of primary amides is 1. The van der Waals surface area contributed by atoms with E-state index in [2.05, 4.69) is 26.1 Å². The number of rotatable bonds is 7. The first kappa shape index (κ1) is 23.1. The second-order valence-corrected chi connectivity index (χ2v) is 8.82. The van der Waals surface area contributed by atoms with Crippen LogP contribution in [0.2, 0.25) is 0 Å². The van der Waals surface area contributed by atoms with Crippen LogP contribution in [0, 0.1) is 0 Å². The summed E-state index contributed by atoms with van der Waals surface area (Å²) < 4.78 is 5.47. The maximum Gasteiger partial charge on any atom is 0.251 e. The zero-order valence-corrected chi connectivity index (χ0v) is 19.0. The van der Waals surface area contributed by atoms with E-state index in [1.165, 1.54) is 0 Å². The minimum atomic E-state index is -0.924. The predicted molar refractivity (Wildman–Crippen MR) is 127 cm³/mol. The Kier molecular flexibility index (Phi) is 6.98. The average molecular weight is 431 g/mol. The summed E-state index contributed by atoms with van der Waals surface area (Å²) in [6.45, 7) is 6.17. The fourth-order valence-electron chi connectivity index (χ4n) is 3.88. The molecule has 0 heterocycles. The second-order valence-electron chi connectivity index (χ2n) is 8.82. The molecular weight excluding hydrogens is 400 g/mol. The normalized spacial score (nSPS) is 12.3. The van der Waals surface area contributed by atoms with E-state index < -0.39 is 17.9 Å². The summed E-state index contributed by atoms with van der Waals surface area (Å²) in [5, 5.41) is 2.89. The van der Waals surface area contributed by atoms with Gasteiger partial charge in [-0.3, -0.25) is 9.59 Å². The smallest absolute Gasteiger partial charge is 0.251 e. The molecule has 0 aliphatic rings. The van der Waals surface area contributed by atoms with Crippen molar-refractivity contribution in [1.82, 2.24) is 5.32 Å². The third kappa shape index (κ3) is 5.17. The molecule has 0 bridgehead atoms. The van der Waals surface area contributed by atoms with Crippen LogP contribution in [0.3, 0.4) is 0 Å². The fourth-order valence-corrected chi connectivity index (χ4v) is 3.88. The van der Waals surface area contributed by atoms with Gasteiger partial charge in [-0.05, 0) is 34.7 Å². The Bertz CT molecular complexity index is 1030. The molecule has 32 heavy (non-hydrogen) atoms. The van der Waals surface area contributed by atoms with Gasteiger partial charge in [0.25, 0.3) is 5.91 Å². The van der Waals surface area contributed by atoms with Crippen molar-refractivity contribution in [3.05, 3.63) is 101 Å². The molecule has 5 heteroatoms. The Morgan fingerprint density at radius 3 is 1.84 bits per heavy atom. The molecule has 1 unspecified atom stereocenters. The molecule has 0 aliphatic carbocycles. The number of methoxy groups -OCH3 is 1. The topological polar surface area (TPSA) is 81.4 Å². The largest absolute Gasteiger partial charge is 0.496 e. The van der Waals surface area contributed by atoms with E-state index in [1.807, 2.05) is 66.7 Å². The van der Waals surface area contributed by atoms with Crippen LogP contribution in [-0.2, 0) is 10.2 Å². The number of ether oxygens (including phenoxy) is 1. The van der Waals surface area contributed by atoms with Crippen LogP contribution in [0.5, 0.6) is 5.75 Å². The molecule has 2 amide bonds. The fraction of sp³-hybridized carbons (Fsp3) is 0.259. The molecule has 0 aromatic heterocycles. The number of nitrogens with one attached hydrogen (secondary N) is 1. The van der Waals surface area contributed by atoms with E-state index in [-0.39, 0.29) is 11.3 Å². The molecule has 0 saturated carbocycles. The summed E-state index contributed by atoms with van der Waals surface area (Å²) >= 11 is 0.